The van der Waals surface area contributed by atoms with E-state index in [1.54, 1.807) is 31.2 Å². The third-order valence-corrected chi connectivity index (χ3v) is 4.58. The van der Waals surface area contributed by atoms with Crippen molar-refractivity contribution in [3.8, 4) is 11.5 Å². The topological polar surface area (TPSA) is 49.8 Å². The molecule has 0 spiro atoms. The van der Waals surface area contributed by atoms with Crippen LogP contribution in [0.25, 0.3) is 10.8 Å². The van der Waals surface area contributed by atoms with E-state index in [9.17, 15) is 9.90 Å². The number of phenolic OH excluding ortho intramolecular Hbond substituents is 1. The first-order valence-corrected chi connectivity index (χ1v) is 8.58. The first kappa shape index (κ1) is 17.3. The number of carbonyl (C=O) groups is 1. The maximum atomic E-state index is 12.8. The van der Waals surface area contributed by atoms with Crippen LogP contribution in [0.2, 0.25) is 0 Å². The monoisotopic (exact) mass is 399 g/mol. The van der Waals surface area contributed by atoms with Crippen LogP contribution in [-0.4, -0.2) is 30.1 Å². The first-order chi connectivity index (χ1) is 12.0. The summed E-state index contributed by atoms with van der Waals surface area (Å²) in [6, 6.07) is 16.6. The number of phenols is 1. The molecule has 0 unspecified atom stereocenters. The minimum Gasteiger partial charge on any atom is -0.507 e. The Hall–Kier alpha value is -2.53. The Morgan fingerprint density at radius 3 is 2.48 bits per heavy atom. The average Bonchev–Trinajstić information content (AvgIpc) is 2.60. The second kappa shape index (κ2) is 7.15. The molecule has 5 heteroatoms. The zero-order valence-corrected chi connectivity index (χ0v) is 15.6. The number of fused-ring (bicyclic) bond motifs is 1. The lowest BCUT2D eigenvalue weighted by Gasteiger charge is -2.20. The second-order valence-electron chi connectivity index (χ2n) is 5.83. The molecule has 1 N–H and O–H groups in total. The highest BCUT2D eigenvalue weighted by molar-refractivity contribution is 9.10. The fourth-order valence-corrected chi connectivity index (χ4v) is 3.21. The summed E-state index contributed by atoms with van der Waals surface area (Å²) < 4.78 is 6.27. The van der Waals surface area contributed by atoms with Crippen molar-refractivity contribution >= 4 is 32.6 Å². The summed E-state index contributed by atoms with van der Waals surface area (Å²) in [7, 11) is 3.31. The molecule has 25 heavy (non-hydrogen) atoms. The Kier molecular flexibility index (Phi) is 4.95. The summed E-state index contributed by atoms with van der Waals surface area (Å²) in [6.45, 7) is 0.369. The van der Waals surface area contributed by atoms with E-state index in [1.807, 2.05) is 42.5 Å². The minimum atomic E-state index is -0.245. The van der Waals surface area contributed by atoms with Gasteiger partial charge in [0.15, 0.2) is 0 Å². The van der Waals surface area contributed by atoms with Crippen molar-refractivity contribution in [3.63, 3.8) is 0 Å². The molecule has 0 aliphatic heterocycles. The van der Waals surface area contributed by atoms with Gasteiger partial charge in [0, 0.05) is 23.6 Å². The number of hydrogen-bond donors (Lipinski definition) is 1. The van der Waals surface area contributed by atoms with E-state index >= 15 is 0 Å². The smallest absolute Gasteiger partial charge is 0.257 e. The first-order valence-electron chi connectivity index (χ1n) is 7.79. The number of aromatic hydroxyl groups is 1. The Balaban J connectivity index is 1.90. The van der Waals surface area contributed by atoms with Crippen molar-refractivity contribution in [2.75, 3.05) is 14.2 Å². The maximum absolute atomic E-state index is 12.8. The van der Waals surface area contributed by atoms with E-state index in [-0.39, 0.29) is 17.2 Å². The second-order valence-corrected chi connectivity index (χ2v) is 6.75. The highest BCUT2D eigenvalue weighted by Crippen LogP contribution is 2.28. The van der Waals surface area contributed by atoms with Crippen molar-refractivity contribution in [2.45, 2.75) is 6.54 Å². The van der Waals surface area contributed by atoms with E-state index in [4.69, 9.17) is 4.74 Å². The molecule has 0 saturated heterocycles. The SMILES string of the molecule is COc1ccc(Br)cc1CN(C)C(=O)c1cc2ccccc2cc1O. The molecule has 0 aliphatic rings. The lowest BCUT2D eigenvalue weighted by atomic mass is 10.0. The van der Waals surface area contributed by atoms with E-state index in [1.165, 1.54) is 0 Å². The lowest BCUT2D eigenvalue weighted by molar-refractivity contribution is 0.0781. The Bertz CT molecular complexity index is 939. The molecule has 4 nitrogen and oxygen atoms in total. The number of halogens is 1. The van der Waals surface area contributed by atoms with Crippen LogP contribution in [0, 0.1) is 0 Å². The lowest BCUT2D eigenvalue weighted by Crippen LogP contribution is -2.26. The summed E-state index contributed by atoms with van der Waals surface area (Å²) >= 11 is 3.44. The molecule has 0 radical (unpaired) electrons. The van der Waals surface area contributed by atoms with Gasteiger partial charge >= 0.3 is 0 Å². The molecular formula is C20H18BrNO3. The predicted octanol–water partition coefficient (Wildman–Crippen LogP) is 4.59. The van der Waals surface area contributed by atoms with Crippen LogP contribution in [0.1, 0.15) is 15.9 Å². The van der Waals surface area contributed by atoms with Crippen molar-refractivity contribution in [1.82, 2.24) is 4.90 Å². The number of nitrogens with zero attached hydrogens (tertiary/aromatic N) is 1. The molecule has 128 valence electrons. The molecule has 0 bridgehead atoms. The van der Waals surface area contributed by atoms with Gasteiger partial charge in [0.05, 0.1) is 12.7 Å². The molecule has 3 aromatic carbocycles. The number of hydrogen-bond acceptors (Lipinski definition) is 3. The van der Waals surface area contributed by atoms with Crippen LogP contribution in [0.5, 0.6) is 11.5 Å². The summed E-state index contributed by atoms with van der Waals surface area (Å²) in [5.41, 5.74) is 1.17. The van der Waals surface area contributed by atoms with Gasteiger partial charge in [-0.25, -0.2) is 0 Å². The van der Waals surface area contributed by atoms with Crippen LogP contribution in [-0.2, 0) is 6.54 Å². The maximum Gasteiger partial charge on any atom is 0.257 e. The van der Waals surface area contributed by atoms with E-state index in [0.717, 1.165) is 20.8 Å². The fraction of sp³-hybridized carbons (Fsp3) is 0.150. The minimum absolute atomic E-state index is 0.0169. The van der Waals surface area contributed by atoms with Gasteiger partial charge < -0.3 is 14.7 Å². The van der Waals surface area contributed by atoms with Gasteiger partial charge in [-0.15, -0.1) is 0 Å². The van der Waals surface area contributed by atoms with Crippen molar-refractivity contribution in [3.05, 3.63) is 70.2 Å². The number of ether oxygens (including phenoxy) is 1. The summed E-state index contributed by atoms with van der Waals surface area (Å²) in [5.74, 6) is 0.452. The summed E-state index contributed by atoms with van der Waals surface area (Å²) in [4.78, 5) is 14.4. The Labute approximate surface area is 154 Å². The molecule has 0 aromatic heterocycles. The zero-order chi connectivity index (χ0) is 18.0. The molecule has 0 atom stereocenters. The third kappa shape index (κ3) is 3.61. The molecule has 0 fully saturated rings. The van der Waals surface area contributed by atoms with Crippen LogP contribution >= 0.6 is 15.9 Å². The predicted molar refractivity (Wildman–Crippen MR) is 102 cm³/mol. The van der Waals surface area contributed by atoms with Gasteiger partial charge in [-0.2, -0.15) is 0 Å². The number of rotatable bonds is 4. The Morgan fingerprint density at radius 1 is 1.12 bits per heavy atom. The number of benzene rings is 3. The fourth-order valence-electron chi connectivity index (χ4n) is 2.80. The molecule has 3 rings (SSSR count). The summed E-state index contributed by atoms with van der Waals surface area (Å²) in [5, 5.41) is 12.1. The molecule has 3 aromatic rings. The van der Waals surface area contributed by atoms with E-state index < -0.39 is 0 Å². The van der Waals surface area contributed by atoms with Gasteiger partial charge in [0.25, 0.3) is 5.91 Å². The molecule has 0 aliphatic carbocycles. The number of carbonyl (C=O) groups excluding carboxylic acids is 1. The zero-order valence-electron chi connectivity index (χ0n) is 14.0. The molecule has 0 heterocycles. The molecular weight excluding hydrogens is 382 g/mol. The number of amides is 1. The third-order valence-electron chi connectivity index (χ3n) is 4.09. The van der Waals surface area contributed by atoms with E-state index in [2.05, 4.69) is 15.9 Å². The normalized spacial score (nSPS) is 10.7. The Morgan fingerprint density at radius 2 is 1.80 bits per heavy atom. The van der Waals surface area contributed by atoms with Gasteiger partial charge in [0.1, 0.15) is 11.5 Å². The van der Waals surface area contributed by atoms with Crippen molar-refractivity contribution in [1.29, 1.82) is 0 Å². The van der Waals surface area contributed by atoms with Crippen LogP contribution < -0.4 is 4.74 Å². The highest BCUT2D eigenvalue weighted by atomic mass is 79.9. The van der Waals surface area contributed by atoms with Crippen LogP contribution in [0.3, 0.4) is 0 Å². The van der Waals surface area contributed by atoms with Crippen molar-refractivity contribution < 1.29 is 14.6 Å². The van der Waals surface area contributed by atoms with Gasteiger partial charge in [0.2, 0.25) is 0 Å². The highest BCUT2D eigenvalue weighted by Gasteiger charge is 2.18. The van der Waals surface area contributed by atoms with Gasteiger partial charge in [-0.3, -0.25) is 4.79 Å². The average molecular weight is 400 g/mol. The van der Waals surface area contributed by atoms with Crippen molar-refractivity contribution in [2.24, 2.45) is 0 Å². The van der Waals surface area contributed by atoms with Gasteiger partial charge in [-0.05, 0) is 41.1 Å². The van der Waals surface area contributed by atoms with Crippen LogP contribution in [0.4, 0.5) is 0 Å². The van der Waals surface area contributed by atoms with Gasteiger partial charge in [-0.1, -0.05) is 40.2 Å². The molecule has 0 saturated carbocycles. The standard InChI is InChI=1S/C20H18BrNO3/c1-22(12-15-9-16(21)7-8-19(15)25-2)20(24)17-10-13-5-3-4-6-14(13)11-18(17)23/h3-11,23H,12H2,1-2H3. The quantitative estimate of drug-likeness (QED) is 0.697. The summed E-state index contributed by atoms with van der Waals surface area (Å²) in [6.07, 6.45) is 0. The number of methoxy groups -OCH3 is 1. The largest absolute Gasteiger partial charge is 0.507 e. The van der Waals surface area contributed by atoms with Crippen LogP contribution in [0.15, 0.2) is 59.1 Å². The van der Waals surface area contributed by atoms with E-state index in [0.29, 0.717) is 12.3 Å². The molecule has 1 amide bonds.